The van der Waals surface area contributed by atoms with Crippen LogP contribution in [0.4, 0.5) is 0 Å². The number of aryl methyl sites for hydroxylation is 2. The Morgan fingerprint density at radius 3 is 2.06 bits per heavy atom. The fraction of sp³-hybridized carbons (Fsp3) is 0.462. The summed E-state index contributed by atoms with van der Waals surface area (Å²) in [5, 5.41) is 18.3. The van der Waals surface area contributed by atoms with Crippen molar-refractivity contribution in [1.82, 2.24) is 0 Å². The lowest BCUT2D eigenvalue weighted by molar-refractivity contribution is -0.138. The molecule has 0 atom stereocenters. The first-order valence-corrected chi connectivity index (χ1v) is 5.26. The number of benzene rings is 1. The van der Waals surface area contributed by atoms with Crippen molar-refractivity contribution in [2.24, 2.45) is 0 Å². The minimum absolute atomic E-state index is 0.0828. The van der Waals surface area contributed by atoms with Gasteiger partial charge in [0.05, 0.1) is 6.42 Å². The van der Waals surface area contributed by atoms with Crippen LogP contribution in [0.1, 0.15) is 37.0 Å². The van der Waals surface area contributed by atoms with Crippen molar-refractivity contribution in [1.29, 1.82) is 0 Å². The Hall–Kier alpha value is -1.51. The smallest absolute Gasteiger partial charge is 0.304 e. The molecule has 1 aromatic rings. The van der Waals surface area contributed by atoms with Gasteiger partial charge in [-0.3, -0.25) is 4.79 Å². The van der Waals surface area contributed by atoms with Gasteiger partial charge in [0.25, 0.3) is 0 Å². The molecule has 2 N–H and O–H groups in total. The number of phenolic OH excluding ortho intramolecular Hbond substituents is 1. The van der Waals surface area contributed by atoms with E-state index < -0.39 is 11.4 Å². The average Bonchev–Trinajstić information content (AvgIpc) is 1.96. The first kappa shape index (κ1) is 12.6. The second-order valence-corrected chi connectivity index (χ2v) is 4.91. The van der Waals surface area contributed by atoms with Gasteiger partial charge in [0.15, 0.2) is 0 Å². The topological polar surface area (TPSA) is 57.5 Å². The fourth-order valence-corrected chi connectivity index (χ4v) is 2.47. The molecule has 0 aromatic heterocycles. The van der Waals surface area contributed by atoms with Gasteiger partial charge in [0.1, 0.15) is 5.75 Å². The van der Waals surface area contributed by atoms with Crippen LogP contribution in [0.2, 0.25) is 0 Å². The van der Waals surface area contributed by atoms with E-state index in [1.807, 2.05) is 27.7 Å². The van der Waals surface area contributed by atoms with Crippen LogP contribution < -0.4 is 0 Å². The maximum atomic E-state index is 10.8. The molecule has 16 heavy (non-hydrogen) atoms. The molecule has 88 valence electrons. The average molecular weight is 222 g/mol. The Kier molecular flexibility index (Phi) is 3.27. The minimum atomic E-state index is -0.808. The van der Waals surface area contributed by atoms with Gasteiger partial charge >= 0.3 is 5.97 Å². The first-order chi connectivity index (χ1) is 7.24. The Labute approximate surface area is 95.7 Å². The lowest BCUT2D eigenvalue weighted by Gasteiger charge is -2.27. The van der Waals surface area contributed by atoms with E-state index in [2.05, 4.69) is 0 Å². The molecular weight excluding hydrogens is 204 g/mol. The van der Waals surface area contributed by atoms with Crippen LogP contribution in [0.5, 0.6) is 5.75 Å². The number of aliphatic carboxylic acids is 1. The summed E-state index contributed by atoms with van der Waals surface area (Å²) >= 11 is 0. The van der Waals surface area contributed by atoms with Crippen molar-refractivity contribution in [2.45, 2.75) is 39.5 Å². The van der Waals surface area contributed by atoms with Crippen molar-refractivity contribution in [3.05, 3.63) is 28.8 Å². The Balaban J connectivity index is 3.27. The van der Waals surface area contributed by atoms with Gasteiger partial charge in [-0.15, -0.1) is 0 Å². The highest BCUT2D eigenvalue weighted by Crippen LogP contribution is 2.34. The molecule has 0 radical (unpaired) electrons. The molecule has 0 aliphatic carbocycles. The summed E-state index contributed by atoms with van der Waals surface area (Å²) in [5.74, 6) is -0.582. The van der Waals surface area contributed by atoms with Crippen molar-refractivity contribution in [3.63, 3.8) is 0 Å². The highest BCUT2D eigenvalue weighted by Gasteiger charge is 2.27. The van der Waals surface area contributed by atoms with Crippen LogP contribution in [0.25, 0.3) is 0 Å². The minimum Gasteiger partial charge on any atom is -0.508 e. The van der Waals surface area contributed by atoms with Crippen LogP contribution >= 0.6 is 0 Å². The zero-order valence-corrected chi connectivity index (χ0v) is 10.2. The summed E-state index contributed by atoms with van der Waals surface area (Å²) in [6, 6.07) is 3.35. The summed E-state index contributed by atoms with van der Waals surface area (Å²) < 4.78 is 0. The molecule has 3 heteroatoms. The highest BCUT2D eigenvalue weighted by atomic mass is 16.4. The van der Waals surface area contributed by atoms with E-state index in [9.17, 15) is 9.90 Å². The summed E-state index contributed by atoms with van der Waals surface area (Å²) in [4.78, 5) is 10.8. The van der Waals surface area contributed by atoms with Crippen LogP contribution in [0.15, 0.2) is 12.1 Å². The maximum absolute atomic E-state index is 10.8. The number of hydrogen-bond acceptors (Lipinski definition) is 2. The Morgan fingerprint density at radius 1 is 1.25 bits per heavy atom. The summed E-state index contributed by atoms with van der Waals surface area (Å²) in [5.41, 5.74) is 2.45. The molecule has 0 aliphatic rings. The third kappa shape index (κ3) is 2.54. The second-order valence-electron chi connectivity index (χ2n) is 4.91. The van der Waals surface area contributed by atoms with E-state index in [1.165, 1.54) is 0 Å². The summed E-state index contributed by atoms with van der Waals surface area (Å²) in [7, 11) is 0. The first-order valence-electron chi connectivity index (χ1n) is 5.26. The number of phenols is 1. The number of carboxylic acid groups (broad SMARTS) is 1. The van der Waals surface area contributed by atoms with Crippen molar-refractivity contribution < 1.29 is 15.0 Å². The molecule has 0 aliphatic heterocycles. The standard InChI is InChI=1S/C13H18O3/c1-8-5-10(14)6-9(2)12(8)13(3,4)7-11(15)16/h5-6,14H,7H2,1-4H3,(H,15,16). The van der Waals surface area contributed by atoms with Crippen LogP contribution in [-0.4, -0.2) is 16.2 Å². The molecule has 0 unspecified atom stereocenters. The number of hydrogen-bond donors (Lipinski definition) is 2. The van der Waals surface area contributed by atoms with Gasteiger partial charge in [-0.2, -0.15) is 0 Å². The van der Waals surface area contributed by atoms with Crippen LogP contribution in [-0.2, 0) is 10.2 Å². The van der Waals surface area contributed by atoms with Crippen molar-refractivity contribution in [3.8, 4) is 5.75 Å². The lowest BCUT2D eigenvalue weighted by atomic mass is 9.77. The van der Waals surface area contributed by atoms with Gasteiger partial charge in [-0.05, 0) is 42.7 Å². The van der Waals surface area contributed by atoms with E-state index in [0.717, 1.165) is 16.7 Å². The molecule has 0 bridgehead atoms. The maximum Gasteiger partial charge on any atom is 0.304 e. The third-order valence-corrected chi connectivity index (χ3v) is 2.79. The third-order valence-electron chi connectivity index (χ3n) is 2.79. The zero-order valence-electron chi connectivity index (χ0n) is 10.2. The Bertz CT molecular complexity index is 396. The number of carbonyl (C=O) groups is 1. The number of rotatable bonds is 3. The van der Waals surface area contributed by atoms with Crippen molar-refractivity contribution in [2.75, 3.05) is 0 Å². The zero-order chi connectivity index (χ0) is 12.5. The van der Waals surface area contributed by atoms with Crippen LogP contribution in [0, 0.1) is 13.8 Å². The highest BCUT2D eigenvalue weighted by molar-refractivity contribution is 5.69. The molecular formula is C13H18O3. The lowest BCUT2D eigenvalue weighted by Crippen LogP contribution is -2.24. The van der Waals surface area contributed by atoms with E-state index in [0.29, 0.717) is 0 Å². The molecule has 0 saturated heterocycles. The number of aromatic hydroxyl groups is 1. The predicted octanol–water partition coefficient (Wildman–Crippen LogP) is 2.76. The van der Waals surface area contributed by atoms with Gasteiger partial charge in [0, 0.05) is 5.41 Å². The SMILES string of the molecule is Cc1cc(O)cc(C)c1C(C)(C)CC(=O)O. The van der Waals surface area contributed by atoms with E-state index in [4.69, 9.17) is 5.11 Å². The second kappa shape index (κ2) is 4.16. The molecule has 0 heterocycles. The molecule has 0 spiro atoms. The van der Waals surface area contributed by atoms with E-state index in [-0.39, 0.29) is 12.2 Å². The van der Waals surface area contributed by atoms with Gasteiger partial charge in [-0.1, -0.05) is 13.8 Å². The summed E-state index contributed by atoms with van der Waals surface area (Å²) in [6.07, 6.45) is 0.0828. The fourth-order valence-electron chi connectivity index (χ4n) is 2.47. The largest absolute Gasteiger partial charge is 0.508 e. The van der Waals surface area contributed by atoms with E-state index >= 15 is 0 Å². The van der Waals surface area contributed by atoms with Crippen LogP contribution in [0.3, 0.4) is 0 Å². The predicted molar refractivity (Wildman–Crippen MR) is 62.9 cm³/mol. The molecule has 3 nitrogen and oxygen atoms in total. The Morgan fingerprint density at radius 2 is 1.69 bits per heavy atom. The van der Waals surface area contributed by atoms with Gasteiger partial charge in [0.2, 0.25) is 0 Å². The molecule has 1 aromatic carbocycles. The van der Waals surface area contributed by atoms with E-state index in [1.54, 1.807) is 12.1 Å². The molecule has 0 fully saturated rings. The van der Waals surface area contributed by atoms with Crippen molar-refractivity contribution >= 4 is 5.97 Å². The molecule has 0 amide bonds. The molecule has 0 saturated carbocycles. The van der Waals surface area contributed by atoms with Gasteiger partial charge < -0.3 is 10.2 Å². The summed E-state index contributed by atoms with van der Waals surface area (Å²) in [6.45, 7) is 7.61. The quantitative estimate of drug-likeness (QED) is 0.826. The number of carboxylic acids is 1. The monoisotopic (exact) mass is 222 g/mol. The normalized spacial score (nSPS) is 11.5. The van der Waals surface area contributed by atoms with Gasteiger partial charge in [-0.25, -0.2) is 0 Å². The molecule has 1 rings (SSSR count).